The molecule has 0 aliphatic heterocycles. The normalized spacial score (nSPS) is 13.8. The molecule has 0 bridgehead atoms. The first kappa shape index (κ1) is 18.4. The lowest BCUT2D eigenvalue weighted by Crippen LogP contribution is -2.05. The Morgan fingerprint density at radius 3 is 2.05 bits per heavy atom. The van der Waals surface area contributed by atoms with Crippen LogP contribution in [0.1, 0.15) is 65.2 Å². The van der Waals surface area contributed by atoms with Gasteiger partial charge in [-0.05, 0) is 13.3 Å². The molecule has 0 aliphatic rings. The van der Waals surface area contributed by atoms with Crippen molar-refractivity contribution in [2.75, 3.05) is 6.16 Å². The quantitative estimate of drug-likeness (QED) is 0.347. The Bertz CT molecular complexity index is 325. The number of unbranched alkanes of at least 4 members (excludes halogenated alkanes) is 7. The van der Waals surface area contributed by atoms with Gasteiger partial charge in [-0.3, -0.25) is 0 Å². The molecular formula is C14H27O4P. The van der Waals surface area contributed by atoms with Gasteiger partial charge in [0.15, 0.2) is 0 Å². The van der Waals surface area contributed by atoms with Crippen LogP contribution in [0.3, 0.4) is 0 Å². The summed E-state index contributed by atoms with van der Waals surface area (Å²) >= 11 is 0. The molecule has 0 heterocycles. The third-order valence-corrected chi connectivity index (χ3v) is 4.20. The Hall–Kier alpha value is -0.600. The number of hydrogen-bond donors (Lipinski definition) is 1. The van der Waals surface area contributed by atoms with Gasteiger partial charge >= 0.3 is 13.6 Å². The van der Waals surface area contributed by atoms with Gasteiger partial charge in [0.25, 0.3) is 0 Å². The van der Waals surface area contributed by atoms with Crippen LogP contribution in [0.2, 0.25) is 0 Å². The zero-order chi connectivity index (χ0) is 14.7. The van der Waals surface area contributed by atoms with Gasteiger partial charge in [-0.25, -0.2) is 9.36 Å². The van der Waals surface area contributed by atoms with Gasteiger partial charge in [0, 0.05) is 5.57 Å². The molecule has 0 saturated heterocycles. The van der Waals surface area contributed by atoms with E-state index in [0.717, 1.165) is 12.8 Å². The topological polar surface area (TPSA) is 63.6 Å². The maximum absolute atomic E-state index is 11.6. The second-order valence-electron chi connectivity index (χ2n) is 5.00. The van der Waals surface area contributed by atoms with Crippen LogP contribution in [0.4, 0.5) is 0 Å². The van der Waals surface area contributed by atoms with Crippen molar-refractivity contribution in [3.8, 4) is 0 Å². The first-order chi connectivity index (χ1) is 8.89. The molecule has 1 N–H and O–H groups in total. The second-order valence-corrected chi connectivity index (χ2v) is 6.90. The van der Waals surface area contributed by atoms with E-state index >= 15 is 0 Å². The van der Waals surface area contributed by atoms with Crippen LogP contribution in [-0.4, -0.2) is 17.0 Å². The van der Waals surface area contributed by atoms with E-state index in [4.69, 9.17) is 0 Å². The maximum atomic E-state index is 11.6. The number of carbonyl (C=O) groups excluding carboxylic acids is 1. The largest absolute Gasteiger partial charge is 0.388 e. The highest BCUT2D eigenvalue weighted by molar-refractivity contribution is 7.53. The van der Waals surface area contributed by atoms with E-state index in [1.165, 1.54) is 39.0 Å². The predicted molar refractivity (Wildman–Crippen MR) is 78.2 cm³/mol. The average Bonchev–Trinajstić information content (AvgIpc) is 2.31. The Balaban J connectivity index is 3.61. The van der Waals surface area contributed by atoms with Crippen LogP contribution < -0.4 is 0 Å². The minimum absolute atomic E-state index is 0.0426. The minimum Gasteiger partial charge on any atom is -0.388 e. The lowest BCUT2D eigenvalue weighted by Gasteiger charge is -2.11. The van der Waals surface area contributed by atoms with Gasteiger partial charge in [-0.2, -0.15) is 0 Å². The molecule has 5 heteroatoms. The van der Waals surface area contributed by atoms with Crippen molar-refractivity contribution in [3.63, 3.8) is 0 Å². The summed E-state index contributed by atoms with van der Waals surface area (Å²) in [4.78, 5) is 20.6. The first-order valence-corrected chi connectivity index (χ1v) is 8.86. The Morgan fingerprint density at radius 1 is 1.11 bits per heavy atom. The van der Waals surface area contributed by atoms with E-state index in [1.54, 1.807) is 0 Å². The van der Waals surface area contributed by atoms with Crippen molar-refractivity contribution in [2.45, 2.75) is 65.2 Å². The van der Waals surface area contributed by atoms with Crippen molar-refractivity contribution >= 4 is 13.6 Å². The van der Waals surface area contributed by atoms with Crippen molar-refractivity contribution < 1.29 is 18.8 Å². The summed E-state index contributed by atoms with van der Waals surface area (Å²) in [7, 11) is -3.78. The Kier molecular flexibility index (Phi) is 9.90. The molecule has 0 fully saturated rings. The monoisotopic (exact) mass is 290 g/mol. The molecule has 0 rings (SSSR count). The summed E-state index contributed by atoms with van der Waals surface area (Å²) in [5.74, 6) is -0.787. The zero-order valence-electron chi connectivity index (χ0n) is 12.2. The van der Waals surface area contributed by atoms with Crippen molar-refractivity contribution in [3.05, 3.63) is 12.2 Å². The Morgan fingerprint density at radius 2 is 1.58 bits per heavy atom. The smallest absolute Gasteiger partial charge is 0.378 e. The third-order valence-electron chi connectivity index (χ3n) is 2.87. The molecule has 0 spiro atoms. The summed E-state index contributed by atoms with van der Waals surface area (Å²) in [6, 6.07) is 0. The van der Waals surface area contributed by atoms with Gasteiger partial charge in [0.1, 0.15) is 0 Å². The fourth-order valence-corrected chi connectivity index (χ4v) is 2.83. The second kappa shape index (κ2) is 10.2. The van der Waals surface area contributed by atoms with E-state index in [-0.39, 0.29) is 11.7 Å². The number of carbonyl (C=O) groups is 1. The summed E-state index contributed by atoms with van der Waals surface area (Å²) < 4.78 is 16.1. The lowest BCUT2D eigenvalue weighted by molar-refractivity contribution is -0.130. The summed E-state index contributed by atoms with van der Waals surface area (Å²) in [6.07, 6.45) is 8.82. The summed E-state index contributed by atoms with van der Waals surface area (Å²) in [5, 5.41) is 0. The molecule has 112 valence electrons. The highest BCUT2D eigenvalue weighted by atomic mass is 31.2. The summed E-state index contributed by atoms with van der Waals surface area (Å²) in [5.41, 5.74) is 0.144. The van der Waals surface area contributed by atoms with Crippen LogP contribution in [0.15, 0.2) is 12.2 Å². The van der Waals surface area contributed by atoms with E-state index < -0.39 is 13.6 Å². The SMILES string of the molecule is C=C(C)C(=O)OP(=O)(O)CCCCCCCCCC. The molecule has 4 nitrogen and oxygen atoms in total. The van der Waals surface area contributed by atoms with Crippen molar-refractivity contribution in [1.82, 2.24) is 0 Å². The molecule has 0 aromatic heterocycles. The number of rotatable bonds is 11. The molecule has 0 saturated carbocycles. The van der Waals surface area contributed by atoms with Gasteiger partial charge in [-0.15, -0.1) is 0 Å². The zero-order valence-corrected chi connectivity index (χ0v) is 13.1. The standard InChI is InChI=1S/C14H27O4P/c1-4-5-6-7-8-9-10-11-12-19(16,17)18-14(15)13(2)3/h2,4-12H2,1,3H3,(H,16,17). The van der Waals surface area contributed by atoms with E-state index in [9.17, 15) is 14.3 Å². The minimum atomic E-state index is -3.78. The van der Waals surface area contributed by atoms with Gasteiger partial charge in [0.2, 0.25) is 0 Å². The fraction of sp³-hybridized carbons (Fsp3) is 0.786. The molecule has 0 aromatic rings. The van der Waals surface area contributed by atoms with E-state index in [2.05, 4.69) is 18.0 Å². The molecule has 0 radical (unpaired) electrons. The van der Waals surface area contributed by atoms with Crippen LogP contribution in [0.5, 0.6) is 0 Å². The average molecular weight is 290 g/mol. The fourth-order valence-electron chi connectivity index (χ4n) is 1.70. The van der Waals surface area contributed by atoms with Crippen LogP contribution in [-0.2, 0) is 13.9 Å². The maximum Gasteiger partial charge on any atom is 0.378 e. The van der Waals surface area contributed by atoms with Crippen molar-refractivity contribution in [2.24, 2.45) is 0 Å². The highest BCUT2D eigenvalue weighted by Gasteiger charge is 2.23. The molecule has 0 aliphatic carbocycles. The highest BCUT2D eigenvalue weighted by Crippen LogP contribution is 2.43. The molecular weight excluding hydrogens is 263 g/mol. The van der Waals surface area contributed by atoms with Gasteiger partial charge < -0.3 is 9.42 Å². The van der Waals surface area contributed by atoms with Crippen LogP contribution >= 0.6 is 7.60 Å². The predicted octanol–water partition coefficient (Wildman–Crippen LogP) is 4.43. The van der Waals surface area contributed by atoms with E-state index in [0.29, 0.717) is 6.42 Å². The molecule has 1 atom stereocenters. The van der Waals surface area contributed by atoms with Crippen molar-refractivity contribution in [1.29, 1.82) is 0 Å². The number of hydrogen-bond acceptors (Lipinski definition) is 3. The third kappa shape index (κ3) is 11.0. The van der Waals surface area contributed by atoms with E-state index in [1.807, 2.05) is 0 Å². The summed E-state index contributed by atoms with van der Waals surface area (Å²) in [6.45, 7) is 7.02. The van der Waals surface area contributed by atoms with Gasteiger partial charge in [0.05, 0.1) is 6.16 Å². The first-order valence-electron chi connectivity index (χ1n) is 7.10. The Labute approximate surface area is 116 Å². The molecule has 0 aromatic carbocycles. The van der Waals surface area contributed by atoms with Gasteiger partial charge in [-0.1, -0.05) is 58.4 Å². The lowest BCUT2D eigenvalue weighted by atomic mass is 10.1. The van der Waals surface area contributed by atoms with Crippen LogP contribution in [0, 0.1) is 0 Å². The molecule has 19 heavy (non-hydrogen) atoms. The molecule has 0 amide bonds. The molecule has 1 unspecified atom stereocenters. The van der Waals surface area contributed by atoms with Crippen LogP contribution in [0.25, 0.3) is 0 Å².